The second kappa shape index (κ2) is 5.13. The van der Waals surface area contributed by atoms with Crippen molar-refractivity contribution in [2.24, 2.45) is 5.92 Å². The van der Waals surface area contributed by atoms with Crippen LogP contribution in [0.2, 0.25) is 0 Å². The van der Waals surface area contributed by atoms with Gasteiger partial charge in [-0.1, -0.05) is 18.2 Å². The SMILES string of the molecule is O=C(N[C@@H]1CCc2c(O)cccc21)[C@@H]1C[C@H]1c1cccnc1. The van der Waals surface area contributed by atoms with Crippen molar-refractivity contribution >= 4 is 5.91 Å². The van der Waals surface area contributed by atoms with Crippen molar-refractivity contribution in [1.82, 2.24) is 10.3 Å². The maximum atomic E-state index is 12.4. The van der Waals surface area contributed by atoms with E-state index in [0.29, 0.717) is 11.7 Å². The molecule has 1 fully saturated rings. The molecule has 2 aliphatic carbocycles. The van der Waals surface area contributed by atoms with Gasteiger partial charge in [-0.2, -0.15) is 0 Å². The number of carbonyl (C=O) groups is 1. The first-order valence-corrected chi connectivity index (χ1v) is 7.75. The van der Waals surface area contributed by atoms with Crippen LogP contribution < -0.4 is 5.32 Å². The Kier molecular flexibility index (Phi) is 3.10. The minimum atomic E-state index is 0.0322. The van der Waals surface area contributed by atoms with E-state index in [1.165, 1.54) is 0 Å². The zero-order valence-corrected chi connectivity index (χ0v) is 12.2. The fourth-order valence-electron chi connectivity index (χ4n) is 3.51. The van der Waals surface area contributed by atoms with E-state index >= 15 is 0 Å². The van der Waals surface area contributed by atoms with Gasteiger partial charge in [-0.3, -0.25) is 9.78 Å². The molecule has 1 saturated carbocycles. The second-order valence-electron chi connectivity index (χ2n) is 6.18. The van der Waals surface area contributed by atoms with Crippen LogP contribution in [0.25, 0.3) is 0 Å². The Morgan fingerprint density at radius 2 is 2.18 bits per heavy atom. The number of carbonyl (C=O) groups excluding carboxylic acids is 1. The van der Waals surface area contributed by atoms with E-state index in [4.69, 9.17) is 0 Å². The highest BCUT2D eigenvalue weighted by Crippen LogP contribution is 2.48. The molecule has 0 bridgehead atoms. The van der Waals surface area contributed by atoms with Crippen LogP contribution in [0.15, 0.2) is 42.7 Å². The van der Waals surface area contributed by atoms with Gasteiger partial charge in [-0.25, -0.2) is 0 Å². The highest BCUT2D eigenvalue weighted by Gasteiger charge is 2.44. The molecule has 0 saturated heterocycles. The molecular weight excluding hydrogens is 276 g/mol. The number of benzene rings is 1. The number of hydrogen-bond donors (Lipinski definition) is 2. The first kappa shape index (κ1) is 13.3. The lowest BCUT2D eigenvalue weighted by Gasteiger charge is -2.14. The fraction of sp³-hybridized carbons (Fsp3) is 0.333. The van der Waals surface area contributed by atoms with Gasteiger partial charge < -0.3 is 10.4 Å². The Balaban J connectivity index is 1.44. The topological polar surface area (TPSA) is 62.2 Å². The lowest BCUT2D eigenvalue weighted by Crippen LogP contribution is -2.28. The van der Waals surface area contributed by atoms with Crippen LogP contribution in [0.1, 0.15) is 41.5 Å². The number of amides is 1. The van der Waals surface area contributed by atoms with Gasteiger partial charge in [0.05, 0.1) is 6.04 Å². The summed E-state index contributed by atoms with van der Waals surface area (Å²) < 4.78 is 0. The maximum absolute atomic E-state index is 12.4. The van der Waals surface area contributed by atoms with Gasteiger partial charge in [-0.15, -0.1) is 0 Å². The van der Waals surface area contributed by atoms with Crippen molar-refractivity contribution in [1.29, 1.82) is 0 Å². The van der Waals surface area contributed by atoms with Crippen molar-refractivity contribution in [3.63, 3.8) is 0 Å². The maximum Gasteiger partial charge on any atom is 0.224 e. The summed E-state index contributed by atoms with van der Waals surface area (Å²) in [5, 5.41) is 13.0. The van der Waals surface area contributed by atoms with Crippen molar-refractivity contribution in [3.8, 4) is 5.75 Å². The summed E-state index contributed by atoms with van der Waals surface area (Å²) in [6.45, 7) is 0. The van der Waals surface area contributed by atoms with Gasteiger partial charge in [0.2, 0.25) is 5.91 Å². The molecule has 2 aromatic rings. The number of nitrogens with one attached hydrogen (secondary N) is 1. The van der Waals surface area contributed by atoms with Gasteiger partial charge in [0.15, 0.2) is 0 Å². The predicted octanol–water partition coefficient (Wildman–Crippen LogP) is 2.69. The number of phenolic OH excluding ortho intramolecular Hbond substituents is 1. The molecule has 0 spiro atoms. The molecule has 1 aromatic carbocycles. The average molecular weight is 294 g/mol. The van der Waals surface area contributed by atoms with E-state index in [-0.39, 0.29) is 17.9 Å². The summed E-state index contributed by atoms with van der Waals surface area (Å²) in [5.41, 5.74) is 3.19. The van der Waals surface area contributed by atoms with Crippen LogP contribution in [0.4, 0.5) is 0 Å². The molecular formula is C18H18N2O2. The van der Waals surface area contributed by atoms with E-state index in [2.05, 4.69) is 10.3 Å². The Morgan fingerprint density at radius 3 is 3.00 bits per heavy atom. The highest BCUT2D eigenvalue weighted by molar-refractivity contribution is 5.83. The smallest absolute Gasteiger partial charge is 0.224 e. The molecule has 2 aliphatic rings. The molecule has 0 aliphatic heterocycles. The molecule has 4 heteroatoms. The van der Waals surface area contributed by atoms with Gasteiger partial charge in [0.1, 0.15) is 5.75 Å². The van der Waals surface area contributed by atoms with Crippen LogP contribution in [-0.2, 0) is 11.2 Å². The zero-order chi connectivity index (χ0) is 15.1. The van der Waals surface area contributed by atoms with Crippen molar-refractivity contribution in [2.75, 3.05) is 0 Å². The molecule has 4 rings (SSSR count). The number of hydrogen-bond acceptors (Lipinski definition) is 3. The zero-order valence-electron chi connectivity index (χ0n) is 12.2. The number of fused-ring (bicyclic) bond motifs is 1. The largest absolute Gasteiger partial charge is 0.508 e. The van der Waals surface area contributed by atoms with Gasteiger partial charge in [-0.05, 0) is 54.0 Å². The lowest BCUT2D eigenvalue weighted by atomic mass is 10.1. The first-order chi connectivity index (χ1) is 10.7. The summed E-state index contributed by atoms with van der Waals surface area (Å²) in [7, 11) is 0. The fourth-order valence-corrected chi connectivity index (χ4v) is 3.51. The van der Waals surface area contributed by atoms with Crippen LogP contribution >= 0.6 is 0 Å². The van der Waals surface area contributed by atoms with Crippen LogP contribution in [0.3, 0.4) is 0 Å². The number of aromatic nitrogens is 1. The number of pyridine rings is 1. The summed E-state index contributed by atoms with van der Waals surface area (Å²) >= 11 is 0. The van der Waals surface area contributed by atoms with E-state index in [0.717, 1.165) is 36.0 Å². The van der Waals surface area contributed by atoms with Crippen molar-refractivity contribution in [3.05, 3.63) is 59.4 Å². The summed E-state index contributed by atoms with van der Waals surface area (Å²) in [6, 6.07) is 9.53. The lowest BCUT2D eigenvalue weighted by molar-refractivity contribution is -0.123. The number of phenols is 1. The molecule has 1 amide bonds. The number of nitrogens with zero attached hydrogens (tertiary/aromatic N) is 1. The van der Waals surface area contributed by atoms with Crippen molar-refractivity contribution in [2.45, 2.75) is 31.2 Å². The molecule has 2 N–H and O–H groups in total. The van der Waals surface area contributed by atoms with E-state index < -0.39 is 0 Å². The third-order valence-corrected chi connectivity index (χ3v) is 4.80. The van der Waals surface area contributed by atoms with Crippen LogP contribution in [-0.4, -0.2) is 16.0 Å². The Bertz CT molecular complexity index is 714. The quantitative estimate of drug-likeness (QED) is 0.915. The number of rotatable bonds is 3. The normalized spacial score (nSPS) is 25.5. The monoisotopic (exact) mass is 294 g/mol. The molecule has 1 heterocycles. The Labute approximate surface area is 129 Å². The van der Waals surface area contributed by atoms with Gasteiger partial charge in [0.25, 0.3) is 0 Å². The standard InChI is InChI=1S/C18H18N2O2/c21-17-5-1-4-12-13(17)6-7-16(12)20-18(22)15-9-14(15)11-3-2-8-19-10-11/h1-5,8,10,14-16,21H,6-7,9H2,(H,20,22)/t14-,15+,16+/m0/s1. The molecule has 0 unspecified atom stereocenters. The van der Waals surface area contributed by atoms with Crippen LogP contribution in [0, 0.1) is 5.92 Å². The highest BCUT2D eigenvalue weighted by atomic mass is 16.3. The van der Waals surface area contributed by atoms with Gasteiger partial charge in [0, 0.05) is 18.3 Å². The minimum Gasteiger partial charge on any atom is -0.508 e. The van der Waals surface area contributed by atoms with E-state index in [9.17, 15) is 9.90 Å². The second-order valence-corrected chi connectivity index (χ2v) is 6.18. The molecule has 1 aromatic heterocycles. The Morgan fingerprint density at radius 1 is 1.27 bits per heavy atom. The van der Waals surface area contributed by atoms with Crippen molar-refractivity contribution < 1.29 is 9.90 Å². The third kappa shape index (κ3) is 2.25. The Hall–Kier alpha value is -2.36. The van der Waals surface area contributed by atoms with Gasteiger partial charge >= 0.3 is 0 Å². The van der Waals surface area contributed by atoms with E-state index in [1.807, 2.05) is 30.5 Å². The summed E-state index contributed by atoms with van der Waals surface area (Å²) in [4.78, 5) is 16.6. The van der Waals surface area contributed by atoms with Crippen LogP contribution in [0.5, 0.6) is 5.75 Å². The molecule has 112 valence electrons. The molecule has 3 atom stereocenters. The first-order valence-electron chi connectivity index (χ1n) is 7.75. The summed E-state index contributed by atoms with van der Waals surface area (Å²) in [5.74, 6) is 0.827. The van der Waals surface area contributed by atoms with E-state index in [1.54, 1.807) is 12.3 Å². The number of aromatic hydroxyl groups is 1. The minimum absolute atomic E-state index is 0.0322. The third-order valence-electron chi connectivity index (χ3n) is 4.80. The molecule has 4 nitrogen and oxygen atoms in total. The summed E-state index contributed by atoms with van der Waals surface area (Å²) in [6.07, 6.45) is 6.19. The average Bonchev–Trinajstić information content (AvgIpc) is 3.25. The molecule has 22 heavy (non-hydrogen) atoms. The molecule has 0 radical (unpaired) electrons. The predicted molar refractivity (Wildman–Crippen MR) is 82.4 cm³/mol.